The average Bonchev–Trinajstić information content (AvgIpc) is 2.75. The molecule has 0 saturated carbocycles. The minimum Gasteiger partial charge on any atom is -0.508 e. The van der Waals surface area contributed by atoms with Gasteiger partial charge in [0.1, 0.15) is 41.7 Å². The Morgan fingerprint density at radius 2 is 1.64 bits per heavy atom. The molecule has 2 aliphatic heterocycles. The van der Waals surface area contributed by atoms with E-state index >= 15 is 0 Å². The number of fused-ring (bicyclic) bond motifs is 1. The lowest BCUT2D eigenvalue weighted by atomic mass is 9.93. The second kappa shape index (κ2) is 8.57. The Labute approximate surface area is 186 Å². The molecule has 2 aliphatic rings. The van der Waals surface area contributed by atoms with Crippen LogP contribution in [0, 0.1) is 0 Å². The first-order chi connectivity index (χ1) is 15.6. The smallest absolute Gasteiger partial charge is 0.335 e. The van der Waals surface area contributed by atoms with Crippen molar-refractivity contribution in [2.45, 2.75) is 49.3 Å². The minimum absolute atomic E-state index is 0.0727. The highest BCUT2D eigenvalue weighted by Gasteiger charge is 2.49. The summed E-state index contributed by atoms with van der Waals surface area (Å²) in [6, 6.07) is 6.15. The number of carbonyl (C=O) groups is 1. The van der Waals surface area contributed by atoms with Crippen molar-refractivity contribution in [3.63, 3.8) is 0 Å². The number of phenols is 4. The molecule has 12 heteroatoms. The second-order valence-electron chi connectivity index (χ2n) is 7.84. The summed E-state index contributed by atoms with van der Waals surface area (Å²) < 4.78 is 16.8. The van der Waals surface area contributed by atoms with Crippen LogP contribution >= 0.6 is 0 Å². The van der Waals surface area contributed by atoms with Gasteiger partial charge in [-0.25, -0.2) is 4.79 Å². The van der Waals surface area contributed by atoms with Gasteiger partial charge >= 0.3 is 5.97 Å². The van der Waals surface area contributed by atoms with E-state index in [1.165, 1.54) is 24.3 Å². The lowest BCUT2D eigenvalue weighted by molar-refractivity contribution is -0.310. The molecule has 0 aromatic heterocycles. The number of aliphatic carboxylic acids is 1. The van der Waals surface area contributed by atoms with E-state index in [2.05, 4.69) is 0 Å². The van der Waals surface area contributed by atoms with Crippen LogP contribution in [0.25, 0.3) is 0 Å². The fourth-order valence-electron chi connectivity index (χ4n) is 3.90. The molecule has 0 aliphatic carbocycles. The van der Waals surface area contributed by atoms with E-state index in [4.69, 9.17) is 14.2 Å². The van der Waals surface area contributed by atoms with Gasteiger partial charge < -0.3 is 55.1 Å². The van der Waals surface area contributed by atoms with Crippen LogP contribution in [0.1, 0.15) is 17.2 Å². The highest BCUT2D eigenvalue weighted by Crippen LogP contribution is 2.44. The number of aromatic hydroxyl groups is 4. The zero-order chi connectivity index (χ0) is 24.0. The molecule has 0 radical (unpaired) electrons. The molecule has 2 aromatic carbocycles. The Morgan fingerprint density at radius 1 is 0.909 bits per heavy atom. The number of aliphatic hydroxyl groups is 3. The van der Waals surface area contributed by atoms with Crippen molar-refractivity contribution in [1.82, 2.24) is 0 Å². The Bertz CT molecular complexity index is 1060. The van der Waals surface area contributed by atoms with E-state index in [0.29, 0.717) is 5.56 Å². The molecule has 0 bridgehead atoms. The molecular weight excluding hydrogens is 444 g/mol. The van der Waals surface area contributed by atoms with Gasteiger partial charge in [-0.3, -0.25) is 0 Å². The normalized spacial score (nSPS) is 31.4. The Kier molecular flexibility index (Phi) is 5.95. The lowest BCUT2D eigenvalue weighted by Gasteiger charge is -2.42. The molecule has 2 aromatic rings. The predicted octanol–water partition coefficient (Wildman–Crippen LogP) is -0.537. The Balaban J connectivity index is 1.69. The largest absolute Gasteiger partial charge is 0.508 e. The van der Waals surface area contributed by atoms with Crippen molar-refractivity contribution in [2.24, 2.45) is 0 Å². The van der Waals surface area contributed by atoms with Gasteiger partial charge in [-0.2, -0.15) is 0 Å². The predicted molar refractivity (Wildman–Crippen MR) is 106 cm³/mol. The van der Waals surface area contributed by atoms with Crippen LogP contribution in [0.3, 0.4) is 0 Å². The van der Waals surface area contributed by atoms with Crippen LogP contribution in [0.4, 0.5) is 0 Å². The number of hydrogen-bond donors (Lipinski definition) is 8. The number of aliphatic hydroxyl groups excluding tert-OH is 3. The zero-order valence-corrected chi connectivity index (χ0v) is 16.8. The highest BCUT2D eigenvalue weighted by atomic mass is 16.7. The monoisotopic (exact) mass is 466 g/mol. The second-order valence-corrected chi connectivity index (χ2v) is 7.84. The molecule has 7 atom stereocenters. The maximum Gasteiger partial charge on any atom is 0.335 e. The summed E-state index contributed by atoms with van der Waals surface area (Å²) in [5.41, 5.74) is 0.530. The summed E-state index contributed by atoms with van der Waals surface area (Å²) in [6.07, 6.45) is -11.4. The highest BCUT2D eigenvalue weighted by molar-refractivity contribution is 5.73. The van der Waals surface area contributed by atoms with Gasteiger partial charge in [0, 0.05) is 24.1 Å². The summed E-state index contributed by atoms with van der Waals surface area (Å²) in [5, 5.41) is 79.1. The van der Waals surface area contributed by atoms with Crippen molar-refractivity contribution >= 4 is 5.97 Å². The number of carboxylic acid groups (broad SMARTS) is 1. The van der Waals surface area contributed by atoms with E-state index in [9.17, 15) is 45.6 Å². The van der Waals surface area contributed by atoms with Gasteiger partial charge in [0.25, 0.3) is 0 Å². The topological polar surface area (TPSA) is 207 Å². The van der Waals surface area contributed by atoms with E-state index in [-0.39, 0.29) is 29.2 Å². The van der Waals surface area contributed by atoms with Crippen LogP contribution in [0.5, 0.6) is 28.7 Å². The van der Waals surface area contributed by atoms with Gasteiger partial charge in [0.2, 0.25) is 0 Å². The summed E-state index contributed by atoms with van der Waals surface area (Å²) >= 11 is 0. The number of carboxylic acids is 1. The number of ether oxygens (including phenoxy) is 3. The standard InChI is InChI=1S/C21H22O12/c22-8-4-11(24)9-6-14(32-21-17(28)15(26)16(27)19(33-21)20(29)30)18(31-13(9)5-8)7-1-2-10(23)12(25)3-7/h1-5,14-19,21-28H,6H2,(H,29,30). The van der Waals surface area contributed by atoms with E-state index < -0.39 is 60.4 Å². The Morgan fingerprint density at radius 3 is 2.30 bits per heavy atom. The molecule has 0 amide bonds. The van der Waals surface area contributed by atoms with Crippen LogP contribution in [0.2, 0.25) is 0 Å². The number of rotatable bonds is 4. The fraction of sp³-hybridized carbons (Fsp3) is 0.381. The summed E-state index contributed by atoms with van der Waals surface area (Å²) in [5.74, 6) is -2.91. The Hall–Kier alpha value is -3.29. The summed E-state index contributed by atoms with van der Waals surface area (Å²) in [4.78, 5) is 11.4. The summed E-state index contributed by atoms with van der Waals surface area (Å²) in [6.45, 7) is 0. The molecule has 33 heavy (non-hydrogen) atoms. The molecule has 1 fully saturated rings. The first-order valence-corrected chi connectivity index (χ1v) is 9.88. The molecule has 2 heterocycles. The van der Waals surface area contributed by atoms with Crippen molar-refractivity contribution in [3.05, 3.63) is 41.5 Å². The summed E-state index contributed by atoms with van der Waals surface area (Å²) in [7, 11) is 0. The molecule has 0 spiro atoms. The maximum absolute atomic E-state index is 11.4. The van der Waals surface area contributed by atoms with Gasteiger partial charge in [-0.1, -0.05) is 6.07 Å². The van der Waals surface area contributed by atoms with E-state index in [1.54, 1.807) is 0 Å². The molecule has 178 valence electrons. The number of hydrogen-bond acceptors (Lipinski definition) is 11. The third kappa shape index (κ3) is 4.21. The van der Waals surface area contributed by atoms with Crippen LogP contribution in [-0.4, -0.2) is 83.6 Å². The third-order valence-corrected chi connectivity index (χ3v) is 5.62. The van der Waals surface area contributed by atoms with E-state index in [0.717, 1.165) is 6.07 Å². The quantitative estimate of drug-likeness (QED) is 0.267. The third-order valence-electron chi connectivity index (χ3n) is 5.62. The number of benzene rings is 2. The number of phenolic OH excluding ortho intramolecular Hbond substituents is 4. The zero-order valence-electron chi connectivity index (χ0n) is 16.8. The van der Waals surface area contributed by atoms with Gasteiger partial charge in [0.05, 0.1) is 0 Å². The van der Waals surface area contributed by atoms with Gasteiger partial charge in [-0.05, 0) is 17.7 Å². The van der Waals surface area contributed by atoms with Crippen molar-refractivity contribution < 1.29 is 59.9 Å². The van der Waals surface area contributed by atoms with Crippen molar-refractivity contribution in [3.8, 4) is 28.7 Å². The SMILES string of the molecule is O=C(O)C1OC(OC2Cc3c(O)cc(O)cc3OC2c2ccc(O)c(O)c2)C(O)C(O)C1O. The first kappa shape index (κ1) is 22.9. The maximum atomic E-state index is 11.4. The van der Waals surface area contributed by atoms with Crippen molar-refractivity contribution in [2.75, 3.05) is 0 Å². The molecule has 8 N–H and O–H groups in total. The molecule has 1 saturated heterocycles. The van der Waals surface area contributed by atoms with E-state index in [1.807, 2.05) is 0 Å². The molecule has 12 nitrogen and oxygen atoms in total. The lowest BCUT2D eigenvalue weighted by Crippen LogP contribution is -2.61. The van der Waals surface area contributed by atoms with Crippen LogP contribution in [-0.2, 0) is 20.7 Å². The molecule has 4 rings (SSSR count). The van der Waals surface area contributed by atoms with Gasteiger partial charge in [-0.15, -0.1) is 0 Å². The van der Waals surface area contributed by atoms with Crippen molar-refractivity contribution in [1.29, 1.82) is 0 Å². The molecular formula is C21H22O12. The minimum atomic E-state index is -1.91. The molecule has 7 unspecified atom stereocenters. The van der Waals surface area contributed by atoms with Crippen LogP contribution < -0.4 is 4.74 Å². The first-order valence-electron chi connectivity index (χ1n) is 9.88. The fourth-order valence-corrected chi connectivity index (χ4v) is 3.90. The van der Waals surface area contributed by atoms with Gasteiger partial charge in [0.15, 0.2) is 30.0 Å². The van der Waals surface area contributed by atoms with Crippen LogP contribution in [0.15, 0.2) is 30.3 Å². The average molecular weight is 466 g/mol.